The van der Waals surface area contributed by atoms with Crippen LogP contribution < -0.4 is 15.8 Å². The van der Waals surface area contributed by atoms with Gasteiger partial charge in [0.05, 0.1) is 46.3 Å². The van der Waals surface area contributed by atoms with E-state index in [1.807, 2.05) is 44.2 Å². The van der Waals surface area contributed by atoms with Gasteiger partial charge in [-0.2, -0.15) is 0 Å². The zero-order valence-electron chi connectivity index (χ0n) is 22.8. The molecule has 0 aliphatic carbocycles. The fraction of sp³-hybridized carbons (Fsp3) is 0.281. The Bertz CT molecular complexity index is 1830. The summed E-state index contributed by atoms with van der Waals surface area (Å²) in [7, 11) is 0. The summed E-state index contributed by atoms with van der Waals surface area (Å²) in [6, 6.07) is 20.6. The first-order valence-electron chi connectivity index (χ1n) is 13.8. The van der Waals surface area contributed by atoms with Crippen LogP contribution in [0.3, 0.4) is 0 Å². The standard InChI is InChI=1S/C32H28N4O5/c1-4-41-30(40)18-13-15-19(16-14-18)35-28(38)24-25(29(35)39)32(34-26(24)17(2)3)21-10-6-8-12-23(21)36-27(37)20-9-5-7-11-22(20)33-31(32)36/h5-17,24-26,34H,4H2,1-3H3/t24-,25-,26+,32-/m1/s1. The van der Waals surface area contributed by atoms with Crippen molar-refractivity contribution in [2.75, 3.05) is 11.5 Å². The van der Waals surface area contributed by atoms with Gasteiger partial charge in [-0.3, -0.25) is 24.3 Å². The number of esters is 1. The highest BCUT2D eigenvalue weighted by molar-refractivity contribution is 6.23. The number of hydrogen-bond acceptors (Lipinski definition) is 7. The first-order valence-corrected chi connectivity index (χ1v) is 13.8. The van der Waals surface area contributed by atoms with Gasteiger partial charge in [-0.1, -0.05) is 44.2 Å². The van der Waals surface area contributed by atoms with Crippen LogP contribution in [0.5, 0.6) is 0 Å². The van der Waals surface area contributed by atoms with Crippen molar-refractivity contribution in [3.63, 3.8) is 0 Å². The van der Waals surface area contributed by atoms with Crippen molar-refractivity contribution in [3.05, 3.63) is 100 Å². The summed E-state index contributed by atoms with van der Waals surface area (Å²) in [5.74, 6) is -2.26. The molecule has 0 bridgehead atoms. The van der Waals surface area contributed by atoms with Gasteiger partial charge < -0.3 is 4.74 Å². The van der Waals surface area contributed by atoms with E-state index in [-0.39, 0.29) is 35.9 Å². The molecule has 2 amide bonds. The number of benzene rings is 3. The highest BCUT2D eigenvalue weighted by Gasteiger charge is 2.70. The maximum atomic E-state index is 14.5. The van der Waals surface area contributed by atoms with Gasteiger partial charge in [0, 0.05) is 11.6 Å². The molecule has 206 valence electrons. The molecular formula is C32H28N4O5. The Morgan fingerprint density at radius 1 is 0.976 bits per heavy atom. The van der Waals surface area contributed by atoms with Gasteiger partial charge >= 0.3 is 5.97 Å². The van der Waals surface area contributed by atoms with Crippen LogP contribution in [0.25, 0.3) is 16.6 Å². The fourth-order valence-electron chi connectivity index (χ4n) is 6.94. The van der Waals surface area contributed by atoms with Gasteiger partial charge in [0.1, 0.15) is 11.4 Å². The molecule has 2 saturated heterocycles. The second kappa shape index (κ2) is 8.94. The molecule has 1 aromatic heterocycles. The van der Waals surface area contributed by atoms with E-state index in [1.165, 1.54) is 4.90 Å². The smallest absolute Gasteiger partial charge is 0.338 e. The van der Waals surface area contributed by atoms with Gasteiger partial charge in [-0.15, -0.1) is 0 Å². The number of fused-ring (bicyclic) bond motifs is 8. The predicted octanol–water partition coefficient (Wildman–Crippen LogP) is 3.55. The Hall–Kier alpha value is -4.63. The van der Waals surface area contributed by atoms with E-state index in [1.54, 1.807) is 54.0 Å². The molecule has 0 radical (unpaired) electrons. The summed E-state index contributed by atoms with van der Waals surface area (Å²) in [5.41, 5.74) is 1.25. The third-order valence-corrected chi connectivity index (χ3v) is 8.65. The van der Waals surface area contributed by atoms with Crippen molar-refractivity contribution in [2.24, 2.45) is 17.8 Å². The van der Waals surface area contributed by atoms with Crippen molar-refractivity contribution >= 4 is 34.4 Å². The zero-order valence-corrected chi connectivity index (χ0v) is 22.8. The Morgan fingerprint density at radius 2 is 1.68 bits per heavy atom. The molecule has 41 heavy (non-hydrogen) atoms. The topological polar surface area (TPSA) is 111 Å². The van der Waals surface area contributed by atoms with E-state index in [0.29, 0.717) is 33.7 Å². The summed E-state index contributed by atoms with van der Waals surface area (Å²) < 4.78 is 6.67. The summed E-state index contributed by atoms with van der Waals surface area (Å²) in [4.78, 5) is 60.9. The molecular weight excluding hydrogens is 520 g/mol. The minimum atomic E-state index is -1.19. The predicted molar refractivity (Wildman–Crippen MR) is 152 cm³/mol. The Balaban J connectivity index is 1.43. The second-order valence-corrected chi connectivity index (χ2v) is 11.1. The Morgan fingerprint density at radius 3 is 2.41 bits per heavy atom. The first-order chi connectivity index (χ1) is 19.8. The number of hydrogen-bond donors (Lipinski definition) is 1. The van der Waals surface area contributed by atoms with E-state index in [9.17, 15) is 19.2 Å². The molecule has 9 nitrogen and oxygen atoms in total. The minimum Gasteiger partial charge on any atom is -0.462 e. The van der Waals surface area contributed by atoms with E-state index >= 15 is 0 Å². The lowest BCUT2D eigenvalue weighted by molar-refractivity contribution is -0.123. The van der Waals surface area contributed by atoms with Gasteiger partial charge in [0.2, 0.25) is 11.8 Å². The maximum Gasteiger partial charge on any atom is 0.338 e. The van der Waals surface area contributed by atoms with E-state index in [4.69, 9.17) is 9.72 Å². The number of imide groups is 1. The highest BCUT2D eigenvalue weighted by atomic mass is 16.5. The Kier molecular flexibility index (Phi) is 5.53. The molecule has 4 atom stereocenters. The number of nitrogens with one attached hydrogen (secondary N) is 1. The number of carbonyl (C=O) groups excluding carboxylic acids is 3. The molecule has 3 aliphatic rings. The lowest BCUT2D eigenvalue weighted by atomic mass is 9.75. The number of nitrogens with zero attached hydrogens (tertiary/aromatic N) is 3. The number of aromatic nitrogens is 2. The zero-order chi connectivity index (χ0) is 28.6. The van der Waals surface area contributed by atoms with Crippen LogP contribution in [0.15, 0.2) is 77.6 Å². The van der Waals surface area contributed by atoms with Crippen LogP contribution in [0.4, 0.5) is 5.69 Å². The first kappa shape index (κ1) is 25.3. The van der Waals surface area contributed by atoms with Crippen molar-refractivity contribution in [2.45, 2.75) is 32.4 Å². The largest absolute Gasteiger partial charge is 0.462 e. The van der Waals surface area contributed by atoms with Crippen molar-refractivity contribution < 1.29 is 19.1 Å². The third-order valence-electron chi connectivity index (χ3n) is 8.65. The number of ether oxygens (including phenoxy) is 1. The van der Waals surface area contributed by atoms with Gasteiger partial charge in [-0.25, -0.2) is 14.7 Å². The van der Waals surface area contributed by atoms with E-state index in [2.05, 4.69) is 5.32 Å². The van der Waals surface area contributed by atoms with Crippen LogP contribution in [0, 0.1) is 17.8 Å². The quantitative estimate of drug-likeness (QED) is 0.307. The molecule has 7 rings (SSSR count). The lowest BCUT2D eigenvalue weighted by Gasteiger charge is -2.32. The summed E-state index contributed by atoms with van der Waals surface area (Å²) >= 11 is 0. The number of para-hydroxylation sites is 2. The molecule has 3 aliphatic heterocycles. The average molecular weight is 549 g/mol. The fourth-order valence-corrected chi connectivity index (χ4v) is 6.94. The van der Waals surface area contributed by atoms with Crippen molar-refractivity contribution in [3.8, 4) is 5.69 Å². The van der Waals surface area contributed by atoms with Gasteiger partial charge in [0.15, 0.2) is 0 Å². The van der Waals surface area contributed by atoms with E-state index in [0.717, 1.165) is 5.56 Å². The molecule has 0 unspecified atom stereocenters. The second-order valence-electron chi connectivity index (χ2n) is 11.1. The Labute approximate surface area is 235 Å². The van der Waals surface area contributed by atoms with Crippen LogP contribution >= 0.6 is 0 Å². The maximum absolute atomic E-state index is 14.5. The molecule has 1 N–H and O–H groups in total. The molecule has 4 heterocycles. The van der Waals surface area contributed by atoms with Crippen molar-refractivity contribution in [1.29, 1.82) is 0 Å². The monoisotopic (exact) mass is 548 g/mol. The van der Waals surface area contributed by atoms with Crippen LogP contribution in [0.2, 0.25) is 0 Å². The normalized spacial score (nSPS) is 24.3. The van der Waals surface area contributed by atoms with Crippen LogP contribution in [-0.2, 0) is 19.9 Å². The number of anilines is 1. The lowest BCUT2D eigenvalue weighted by Crippen LogP contribution is -2.51. The van der Waals surface area contributed by atoms with E-state index < -0.39 is 23.3 Å². The third kappa shape index (κ3) is 3.29. The van der Waals surface area contributed by atoms with Crippen LogP contribution in [0.1, 0.15) is 42.5 Å². The summed E-state index contributed by atoms with van der Waals surface area (Å²) in [6.45, 7) is 6.01. The van der Waals surface area contributed by atoms with Crippen molar-refractivity contribution in [1.82, 2.24) is 14.9 Å². The summed E-state index contributed by atoms with van der Waals surface area (Å²) in [6.07, 6.45) is 0. The highest BCUT2D eigenvalue weighted by Crippen LogP contribution is 2.56. The molecule has 4 aromatic rings. The minimum absolute atomic E-state index is 0.00171. The van der Waals surface area contributed by atoms with Gasteiger partial charge in [-0.05, 0) is 55.3 Å². The molecule has 0 saturated carbocycles. The summed E-state index contributed by atoms with van der Waals surface area (Å²) in [5, 5.41) is 4.17. The molecule has 1 spiro atoms. The number of carbonyl (C=O) groups is 3. The molecule has 2 fully saturated rings. The number of rotatable bonds is 4. The van der Waals surface area contributed by atoms with Crippen LogP contribution in [-0.4, -0.2) is 40.0 Å². The molecule has 9 heteroatoms. The SMILES string of the molecule is CCOC(=O)c1ccc(N2C(=O)[C@H]3[C@H](C(C)C)N[C@]4(c5ccccc5-n5c4nc4ccccc4c5=O)[C@H]3C2=O)cc1. The number of amides is 2. The molecule has 3 aromatic carbocycles. The average Bonchev–Trinajstić information content (AvgIpc) is 3.57. The van der Waals surface area contributed by atoms with Gasteiger partial charge in [0.25, 0.3) is 5.56 Å².